The van der Waals surface area contributed by atoms with Gasteiger partial charge in [-0.3, -0.25) is 4.79 Å². The van der Waals surface area contributed by atoms with Gasteiger partial charge in [0.2, 0.25) is 5.91 Å². The summed E-state index contributed by atoms with van der Waals surface area (Å²) in [6.45, 7) is 10.7. The van der Waals surface area contributed by atoms with Crippen LogP contribution in [0.3, 0.4) is 0 Å². The average molecular weight is 270 g/mol. The largest absolute Gasteiger partial charge is 0.382 e. The standard InChI is InChI=1S/C15H30N2O2/c1-4-9-16-14-8-10-17(12-13(14)3)15(18)7-6-11-19-5-2/h13-14,16H,4-12H2,1-3H3. The summed E-state index contributed by atoms with van der Waals surface area (Å²) in [5, 5.41) is 3.58. The van der Waals surface area contributed by atoms with E-state index in [1.807, 2.05) is 11.8 Å². The van der Waals surface area contributed by atoms with Gasteiger partial charge >= 0.3 is 0 Å². The maximum atomic E-state index is 12.1. The highest BCUT2D eigenvalue weighted by Crippen LogP contribution is 2.17. The van der Waals surface area contributed by atoms with E-state index in [0.29, 0.717) is 30.9 Å². The zero-order valence-electron chi connectivity index (χ0n) is 12.8. The molecule has 4 heteroatoms. The van der Waals surface area contributed by atoms with Crippen molar-refractivity contribution in [1.82, 2.24) is 10.2 Å². The van der Waals surface area contributed by atoms with Gasteiger partial charge < -0.3 is 15.0 Å². The Morgan fingerprint density at radius 3 is 2.84 bits per heavy atom. The number of hydrogen-bond donors (Lipinski definition) is 1. The second-order valence-corrected chi connectivity index (χ2v) is 5.47. The minimum absolute atomic E-state index is 0.292. The number of likely N-dealkylation sites (tertiary alicyclic amines) is 1. The predicted molar refractivity (Wildman–Crippen MR) is 78.2 cm³/mol. The molecule has 1 N–H and O–H groups in total. The molecule has 2 unspecified atom stereocenters. The number of carbonyl (C=O) groups is 1. The van der Waals surface area contributed by atoms with Crippen molar-refractivity contribution in [2.75, 3.05) is 32.8 Å². The van der Waals surface area contributed by atoms with E-state index in [1.165, 1.54) is 6.42 Å². The summed E-state index contributed by atoms with van der Waals surface area (Å²) >= 11 is 0. The van der Waals surface area contributed by atoms with E-state index in [9.17, 15) is 4.79 Å². The van der Waals surface area contributed by atoms with Crippen LogP contribution in [0.4, 0.5) is 0 Å². The molecule has 1 heterocycles. The first-order valence-corrected chi connectivity index (χ1v) is 7.77. The minimum Gasteiger partial charge on any atom is -0.382 e. The third kappa shape index (κ3) is 5.91. The topological polar surface area (TPSA) is 41.6 Å². The number of nitrogens with one attached hydrogen (secondary N) is 1. The van der Waals surface area contributed by atoms with E-state index in [-0.39, 0.29) is 0 Å². The van der Waals surface area contributed by atoms with E-state index in [2.05, 4.69) is 19.2 Å². The van der Waals surface area contributed by atoms with Crippen molar-refractivity contribution in [3.63, 3.8) is 0 Å². The Hall–Kier alpha value is -0.610. The second-order valence-electron chi connectivity index (χ2n) is 5.47. The summed E-state index contributed by atoms with van der Waals surface area (Å²) < 4.78 is 5.27. The van der Waals surface area contributed by atoms with Crippen LogP contribution in [-0.2, 0) is 9.53 Å². The van der Waals surface area contributed by atoms with Gasteiger partial charge in [0, 0.05) is 38.8 Å². The number of ether oxygens (including phenoxy) is 1. The Bertz CT molecular complexity index is 259. The maximum absolute atomic E-state index is 12.1. The van der Waals surface area contributed by atoms with Crippen LogP contribution in [0.1, 0.15) is 46.5 Å². The van der Waals surface area contributed by atoms with Gasteiger partial charge in [0.15, 0.2) is 0 Å². The van der Waals surface area contributed by atoms with Gasteiger partial charge in [0.25, 0.3) is 0 Å². The van der Waals surface area contributed by atoms with Crippen LogP contribution in [0.2, 0.25) is 0 Å². The first kappa shape index (κ1) is 16.4. The Morgan fingerprint density at radius 2 is 2.21 bits per heavy atom. The fourth-order valence-electron chi connectivity index (χ4n) is 2.63. The number of nitrogens with zero attached hydrogens (tertiary/aromatic N) is 1. The predicted octanol–water partition coefficient (Wildman–Crippen LogP) is 2.04. The minimum atomic E-state index is 0.292. The molecule has 1 aliphatic heterocycles. The van der Waals surface area contributed by atoms with Gasteiger partial charge in [-0.1, -0.05) is 13.8 Å². The van der Waals surface area contributed by atoms with E-state index in [1.54, 1.807) is 0 Å². The summed E-state index contributed by atoms with van der Waals surface area (Å²) in [7, 11) is 0. The Kier molecular flexibility index (Phi) is 8.07. The Balaban J connectivity index is 2.24. The molecule has 0 aromatic rings. The average Bonchev–Trinajstić information content (AvgIpc) is 2.42. The van der Waals surface area contributed by atoms with Crippen molar-refractivity contribution in [1.29, 1.82) is 0 Å². The molecule has 4 nitrogen and oxygen atoms in total. The van der Waals surface area contributed by atoms with E-state index in [4.69, 9.17) is 4.74 Å². The van der Waals surface area contributed by atoms with Crippen LogP contribution in [0, 0.1) is 5.92 Å². The maximum Gasteiger partial charge on any atom is 0.222 e. The normalized spacial score (nSPS) is 23.6. The lowest BCUT2D eigenvalue weighted by molar-refractivity contribution is -0.133. The first-order valence-electron chi connectivity index (χ1n) is 7.77. The summed E-state index contributed by atoms with van der Waals surface area (Å²) in [4.78, 5) is 14.1. The zero-order valence-corrected chi connectivity index (χ0v) is 12.8. The lowest BCUT2D eigenvalue weighted by Gasteiger charge is -2.37. The van der Waals surface area contributed by atoms with Crippen molar-refractivity contribution in [2.45, 2.75) is 52.5 Å². The molecule has 1 aliphatic rings. The lowest BCUT2D eigenvalue weighted by atomic mass is 9.93. The zero-order chi connectivity index (χ0) is 14.1. The van der Waals surface area contributed by atoms with Crippen molar-refractivity contribution in [3.8, 4) is 0 Å². The molecular weight excluding hydrogens is 240 g/mol. The van der Waals surface area contributed by atoms with E-state index < -0.39 is 0 Å². The molecule has 1 rings (SSSR count). The smallest absolute Gasteiger partial charge is 0.222 e. The monoisotopic (exact) mass is 270 g/mol. The summed E-state index contributed by atoms with van der Waals surface area (Å²) in [5.41, 5.74) is 0. The van der Waals surface area contributed by atoms with Crippen molar-refractivity contribution < 1.29 is 9.53 Å². The van der Waals surface area contributed by atoms with Crippen molar-refractivity contribution in [3.05, 3.63) is 0 Å². The molecule has 0 aliphatic carbocycles. The first-order chi connectivity index (χ1) is 9.19. The van der Waals surface area contributed by atoms with Crippen molar-refractivity contribution in [2.24, 2.45) is 5.92 Å². The SMILES string of the molecule is CCCNC1CCN(C(=O)CCCOCC)CC1C. The highest BCUT2D eigenvalue weighted by atomic mass is 16.5. The Morgan fingerprint density at radius 1 is 1.42 bits per heavy atom. The highest BCUT2D eigenvalue weighted by molar-refractivity contribution is 5.76. The number of carbonyl (C=O) groups excluding carboxylic acids is 1. The third-order valence-corrected chi connectivity index (χ3v) is 3.80. The van der Waals surface area contributed by atoms with Crippen molar-refractivity contribution >= 4 is 5.91 Å². The van der Waals surface area contributed by atoms with Gasteiger partial charge in [0.1, 0.15) is 0 Å². The molecule has 0 aromatic carbocycles. The van der Waals surface area contributed by atoms with Gasteiger partial charge in [-0.25, -0.2) is 0 Å². The molecule has 112 valence electrons. The van der Waals surface area contributed by atoms with Gasteiger partial charge in [0.05, 0.1) is 0 Å². The Labute approximate surface area is 117 Å². The van der Waals surface area contributed by atoms with Crippen LogP contribution in [0.25, 0.3) is 0 Å². The van der Waals surface area contributed by atoms with E-state index in [0.717, 1.165) is 39.1 Å². The van der Waals surface area contributed by atoms with Crippen LogP contribution in [-0.4, -0.2) is 49.7 Å². The third-order valence-electron chi connectivity index (χ3n) is 3.80. The molecule has 0 aromatic heterocycles. The number of piperidine rings is 1. The number of hydrogen-bond acceptors (Lipinski definition) is 3. The highest BCUT2D eigenvalue weighted by Gasteiger charge is 2.27. The quantitative estimate of drug-likeness (QED) is 0.686. The molecule has 19 heavy (non-hydrogen) atoms. The molecule has 0 spiro atoms. The fraction of sp³-hybridized carbons (Fsp3) is 0.933. The molecule has 2 atom stereocenters. The van der Waals surface area contributed by atoms with Crippen LogP contribution in [0.15, 0.2) is 0 Å². The molecule has 0 bridgehead atoms. The second kappa shape index (κ2) is 9.32. The molecule has 1 fully saturated rings. The molecule has 0 radical (unpaired) electrons. The van der Waals surface area contributed by atoms with E-state index >= 15 is 0 Å². The van der Waals surface area contributed by atoms with Crippen LogP contribution >= 0.6 is 0 Å². The van der Waals surface area contributed by atoms with Gasteiger partial charge in [-0.05, 0) is 38.6 Å². The van der Waals surface area contributed by atoms with Crippen LogP contribution in [0.5, 0.6) is 0 Å². The van der Waals surface area contributed by atoms with Crippen LogP contribution < -0.4 is 5.32 Å². The molecular formula is C15H30N2O2. The van der Waals surface area contributed by atoms with Gasteiger partial charge in [-0.2, -0.15) is 0 Å². The molecule has 1 amide bonds. The number of rotatable bonds is 8. The summed E-state index contributed by atoms with van der Waals surface area (Å²) in [5.74, 6) is 0.844. The number of amides is 1. The summed E-state index contributed by atoms with van der Waals surface area (Å²) in [6, 6.07) is 0.576. The van der Waals surface area contributed by atoms with Gasteiger partial charge in [-0.15, -0.1) is 0 Å². The fourth-order valence-corrected chi connectivity index (χ4v) is 2.63. The molecule has 1 saturated heterocycles. The summed E-state index contributed by atoms with van der Waals surface area (Å²) in [6.07, 6.45) is 3.72. The molecule has 0 saturated carbocycles. The lowest BCUT2D eigenvalue weighted by Crippen LogP contribution is -2.50.